The summed E-state index contributed by atoms with van der Waals surface area (Å²) in [6.07, 6.45) is 4.63. The highest BCUT2D eigenvalue weighted by atomic mass is 16.5. The number of nitrogens with zero attached hydrogens (tertiary/aromatic N) is 3. The van der Waals surface area contributed by atoms with Crippen LogP contribution in [0.5, 0.6) is 11.5 Å². The van der Waals surface area contributed by atoms with Gasteiger partial charge in [-0.1, -0.05) is 0 Å². The van der Waals surface area contributed by atoms with E-state index in [9.17, 15) is 14.7 Å². The number of hydrogen-bond donors (Lipinski definition) is 4. The van der Waals surface area contributed by atoms with Crippen molar-refractivity contribution in [2.24, 2.45) is 0 Å². The molecule has 10 nitrogen and oxygen atoms in total. The van der Waals surface area contributed by atoms with E-state index >= 15 is 0 Å². The first-order valence-electron chi connectivity index (χ1n) is 11.5. The van der Waals surface area contributed by atoms with Crippen LogP contribution in [-0.2, 0) is 0 Å². The minimum atomic E-state index is -0.338. The van der Waals surface area contributed by atoms with Crippen LogP contribution >= 0.6 is 0 Å². The molecule has 2 aromatic heterocycles. The van der Waals surface area contributed by atoms with Gasteiger partial charge in [0, 0.05) is 56.6 Å². The number of likely N-dealkylation sites (tertiary alicyclic amines) is 1. The van der Waals surface area contributed by atoms with Gasteiger partial charge in [0.2, 0.25) is 0 Å². The van der Waals surface area contributed by atoms with Crippen molar-refractivity contribution in [3.8, 4) is 11.5 Å². The second-order valence-corrected chi connectivity index (χ2v) is 8.17. The summed E-state index contributed by atoms with van der Waals surface area (Å²) in [4.78, 5) is 30.8. The first-order valence-corrected chi connectivity index (χ1v) is 11.5. The van der Waals surface area contributed by atoms with E-state index in [0.717, 1.165) is 43.4 Å². The van der Waals surface area contributed by atoms with Crippen LogP contribution < -0.4 is 20.7 Å². The van der Waals surface area contributed by atoms with Crippen LogP contribution in [0.3, 0.4) is 0 Å². The maximum atomic E-state index is 12.2. The number of aliphatic hydroxyl groups is 1. The van der Waals surface area contributed by atoms with Crippen LogP contribution in [0.2, 0.25) is 0 Å². The number of aromatic nitrogens is 2. The van der Waals surface area contributed by atoms with Crippen molar-refractivity contribution in [1.82, 2.24) is 25.1 Å². The number of anilines is 1. The van der Waals surface area contributed by atoms with Crippen molar-refractivity contribution in [2.75, 3.05) is 38.0 Å². The lowest BCUT2D eigenvalue weighted by atomic mass is 10.1. The van der Waals surface area contributed by atoms with Crippen LogP contribution in [-0.4, -0.2) is 70.4 Å². The van der Waals surface area contributed by atoms with Gasteiger partial charge in [-0.2, -0.15) is 0 Å². The number of urea groups is 1. The zero-order chi connectivity index (χ0) is 23.9. The summed E-state index contributed by atoms with van der Waals surface area (Å²) in [6, 6.07) is 10.2. The third kappa shape index (κ3) is 6.03. The van der Waals surface area contributed by atoms with Gasteiger partial charge in [-0.05, 0) is 50.1 Å². The van der Waals surface area contributed by atoms with E-state index in [4.69, 9.17) is 4.74 Å². The fourth-order valence-electron chi connectivity index (χ4n) is 3.91. The minimum absolute atomic E-state index is 0.177. The summed E-state index contributed by atoms with van der Waals surface area (Å²) in [5.41, 5.74) is 0.785. The van der Waals surface area contributed by atoms with E-state index < -0.39 is 0 Å². The predicted octanol–water partition coefficient (Wildman–Crippen LogP) is 2.98. The van der Waals surface area contributed by atoms with Crippen molar-refractivity contribution in [1.29, 1.82) is 0 Å². The van der Waals surface area contributed by atoms with E-state index in [0.29, 0.717) is 30.4 Å². The fourth-order valence-corrected chi connectivity index (χ4v) is 3.91. The normalized spacial score (nSPS) is 14.6. The number of nitrogens with one attached hydrogen (secondary N) is 3. The molecule has 180 valence electrons. The molecule has 4 N–H and O–H groups in total. The van der Waals surface area contributed by atoms with Gasteiger partial charge in [-0.25, -0.2) is 14.6 Å². The molecule has 4 rings (SSSR count). The third-order valence-electron chi connectivity index (χ3n) is 5.69. The van der Waals surface area contributed by atoms with Crippen molar-refractivity contribution in [2.45, 2.75) is 25.9 Å². The molecule has 3 aromatic rings. The number of hydrogen-bond acceptors (Lipinski definition) is 6. The third-order valence-corrected chi connectivity index (χ3v) is 5.69. The molecule has 0 atom stereocenters. The van der Waals surface area contributed by atoms with Crippen LogP contribution in [0.15, 0.2) is 48.8 Å². The molecule has 1 aliphatic rings. The largest absolute Gasteiger partial charge is 0.457 e. The van der Waals surface area contributed by atoms with Gasteiger partial charge in [-0.15, -0.1) is 0 Å². The van der Waals surface area contributed by atoms with Gasteiger partial charge >= 0.3 is 12.1 Å². The lowest BCUT2D eigenvalue weighted by molar-refractivity contribution is 0.0833. The Balaban J connectivity index is 1.31. The summed E-state index contributed by atoms with van der Waals surface area (Å²) in [7, 11) is 0. The number of rotatable bonds is 7. The monoisotopic (exact) mass is 466 g/mol. The molecule has 0 unspecified atom stereocenters. The summed E-state index contributed by atoms with van der Waals surface area (Å²) in [6.45, 7) is 5.36. The molecule has 0 bridgehead atoms. The van der Waals surface area contributed by atoms with Crippen LogP contribution in [0.4, 0.5) is 15.4 Å². The SMILES string of the molecule is CCNC(=O)n1ccc2cc(Oc3ccnc(NC(=O)NCCN4CCC(O)CC4)c3)ccc21. The van der Waals surface area contributed by atoms with Gasteiger partial charge in [0.1, 0.15) is 17.3 Å². The van der Waals surface area contributed by atoms with Crippen LogP contribution in [0.25, 0.3) is 10.9 Å². The highest BCUT2D eigenvalue weighted by Gasteiger charge is 2.16. The molecule has 1 aromatic carbocycles. The smallest absolute Gasteiger partial charge is 0.326 e. The van der Waals surface area contributed by atoms with Crippen LogP contribution in [0.1, 0.15) is 19.8 Å². The number of aliphatic hydroxyl groups excluding tert-OH is 1. The van der Waals surface area contributed by atoms with E-state index in [1.807, 2.05) is 25.1 Å². The molecule has 3 heterocycles. The maximum Gasteiger partial charge on any atom is 0.326 e. The molecule has 0 saturated carbocycles. The molecule has 1 fully saturated rings. The van der Waals surface area contributed by atoms with Gasteiger partial charge < -0.3 is 25.4 Å². The molecular weight excluding hydrogens is 436 g/mol. The molecule has 34 heavy (non-hydrogen) atoms. The lowest BCUT2D eigenvalue weighted by Gasteiger charge is -2.29. The molecule has 0 radical (unpaired) electrons. The second-order valence-electron chi connectivity index (χ2n) is 8.17. The molecule has 0 spiro atoms. The van der Waals surface area contributed by atoms with Gasteiger partial charge in [0.15, 0.2) is 0 Å². The Kier molecular flexibility index (Phi) is 7.61. The summed E-state index contributed by atoms with van der Waals surface area (Å²) < 4.78 is 7.51. The average molecular weight is 467 g/mol. The molecule has 1 saturated heterocycles. The maximum absolute atomic E-state index is 12.2. The summed E-state index contributed by atoms with van der Waals surface area (Å²) in [5, 5.41) is 18.8. The van der Waals surface area contributed by atoms with Crippen molar-refractivity contribution in [3.05, 3.63) is 48.8 Å². The van der Waals surface area contributed by atoms with Gasteiger partial charge in [0.25, 0.3) is 0 Å². The Morgan fingerprint density at radius 3 is 2.71 bits per heavy atom. The standard InChI is InChI=1S/C24H30N6O4/c1-2-25-24(33)30-13-6-17-15-19(3-4-21(17)30)34-20-5-9-26-22(16-20)28-23(32)27-10-14-29-11-7-18(31)8-12-29/h3-6,9,13,15-16,18,31H,2,7-8,10-12,14H2,1H3,(H,25,33)(H2,26,27,28,32). The number of benzene rings is 1. The summed E-state index contributed by atoms with van der Waals surface area (Å²) >= 11 is 0. The quantitative estimate of drug-likeness (QED) is 0.425. The fraction of sp³-hybridized carbons (Fsp3) is 0.375. The highest BCUT2D eigenvalue weighted by Crippen LogP contribution is 2.27. The zero-order valence-electron chi connectivity index (χ0n) is 19.2. The Morgan fingerprint density at radius 1 is 1.12 bits per heavy atom. The number of carbonyl (C=O) groups excluding carboxylic acids is 2. The average Bonchev–Trinajstić information content (AvgIpc) is 3.24. The topological polar surface area (TPSA) is 121 Å². The molecule has 3 amide bonds. The molecule has 0 aliphatic carbocycles. The predicted molar refractivity (Wildman–Crippen MR) is 129 cm³/mol. The Hall–Kier alpha value is -3.63. The van der Waals surface area contributed by atoms with Gasteiger partial charge in [0.05, 0.1) is 11.6 Å². The van der Waals surface area contributed by atoms with Crippen molar-refractivity contribution >= 4 is 28.8 Å². The van der Waals surface area contributed by atoms with E-state index in [1.54, 1.807) is 35.2 Å². The van der Waals surface area contributed by atoms with Crippen LogP contribution in [0, 0.1) is 0 Å². The Morgan fingerprint density at radius 2 is 1.91 bits per heavy atom. The first kappa shape index (κ1) is 23.5. The number of ether oxygens (including phenoxy) is 1. The zero-order valence-corrected chi connectivity index (χ0v) is 19.2. The van der Waals surface area contributed by atoms with E-state index in [1.165, 1.54) is 0 Å². The number of fused-ring (bicyclic) bond motifs is 1. The Labute approximate surface area is 197 Å². The first-order chi connectivity index (χ1) is 16.5. The number of pyridine rings is 1. The van der Waals surface area contributed by atoms with E-state index in [2.05, 4.69) is 25.8 Å². The molecule has 10 heteroatoms. The lowest BCUT2D eigenvalue weighted by Crippen LogP contribution is -2.41. The molecule has 1 aliphatic heterocycles. The van der Waals surface area contributed by atoms with E-state index in [-0.39, 0.29) is 18.2 Å². The van der Waals surface area contributed by atoms with Gasteiger partial charge in [-0.3, -0.25) is 9.88 Å². The number of piperidine rings is 1. The Bertz CT molecular complexity index is 1140. The van der Waals surface area contributed by atoms with Crippen molar-refractivity contribution in [3.63, 3.8) is 0 Å². The number of amides is 3. The second kappa shape index (κ2) is 11.0. The molecular formula is C24H30N6O4. The summed E-state index contributed by atoms with van der Waals surface area (Å²) in [5.74, 6) is 1.51. The number of carbonyl (C=O) groups is 2. The highest BCUT2D eigenvalue weighted by molar-refractivity contribution is 5.92. The van der Waals surface area contributed by atoms with Crippen molar-refractivity contribution < 1.29 is 19.4 Å². The minimum Gasteiger partial charge on any atom is -0.457 e.